The molecule has 1 aromatic heterocycles. The van der Waals surface area contributed by atoms with Crippen LogP contribution in [0.5, 0.6) is 0 Å². The standard InChI is InChI=1S/C16H26FN3O/c1-5-8-18-15-14(17)13(7-9-19-15)16(21)20-12(4)10-11(3)6-2/h7,9,11-12H,5-6,8,10H2,1-4H3,(H,18,19)(H,20,21). The van der Waals surface area contributed by atoms with Crippen molar-refractivity contribution in [3.63, 3.8) is 0 Å². The molecule has 21 heavy (non-hydrogen) atoms. The van der Waals surface area contributed by atoms with Crippen LogP contribution in [0.3, 0.4) is 0 Å². The molecule has 0 aliphatic carbocycles. The third-order valence-corrected chi connectivity index (χ3v) is 3.51. The molecule has 2 N–H and O–H groups in total. The molecule has 2 atom stereocenters. The van der Waals surface area contributed by atoms with Gasteiger partial charge in [-0.2, -0.15) is 0 Å². The molecule has 0 bridgehead atoms. The van der Waals surface area contributed by atoms with Crippen LogP contribution in [0.2, 0.25) is 0 Å². The fraction of sp³-hybridized carbons (Fsp3) is 0.625. The molecule has 0 saturated heterocycles. The summed E-state index contributed by atoms with van der Waals surface area (Å²) in [6.45, 7) is 8.81. The summed E-state index contributed by atoms with van der Waals surface area (Å²) in [5.74, 6) is -0.298. The van der Waals surface area contributed by atoms with Gasteiger partial charge in [0, 0.05) is 18.8 Å². The predicted molar refractivity (Wildman–Crippen MR) is 84.0 cm³/mol. The van der Waals surface area contributed by atoms with Crippen molar-refractivity contribution in [2.24, 2.45) is 5.92 Å². The minimum Gasteiger partial charge on any atom is -0.368 e. The first-order valence-electron chi connectivity index (χ1n) is 7.68. The van der Waals surface area contributed by atoms with Crippen molar-refractivity contribution in [3.05, 3.63) is 23.6 Å². The highest BCUT2D eigenvalue weighted by Crippen LogP contribution is 2.16. The zero-order valence-electron chi connectivity index (χ0n) is 13.4. The maximum atomic E-state index is 14.2. The van der Waals surface area contributed by atoms with Crippen LogP contribution in [0.25, 0.3) is 0 Å². The zero-order chi connectivity index (χ0) is 15.8. The SMILES string of the molecule is CCCNc1nccc(C(=O)NC(C)CC(C)CC)c1F. The summed E-state index contributed by atoms with van der Waals surface area (Å²) in [6, 6.07) is 1.43. The van der Waals surface area contributed by atoms with Gasteiger partial charge in [-0.25, -0.2) is 9.37 Å². The van der Waals surface area contributed by atoms with E-state index in [4.69, 9.17) is 0 Å². The Hall–Kier alpha value is -1.65. The van der Waals surface area contributed by atoms with Gasteiger partial charge in [0.2, 0.25) is 0 Å². The highest BCUT2D eigenvalue weighted by molar-refractivity contribution is 5.95. The van der Waals surface area contributed by atoms with Crippen LogP contribution in [-0.4, -0.2) is 23.5 Å². The Balaban J connectivity index is 2.73. The van der Waals surface area contributed by atoms with E-state index in [-0.39, 0.29) is 23.3 Å². The molecule has 0 aliphatic heterocycles. The molecule has 0 aliphatic rings. The second-order valence-electron chi connectivity index (χ2n) is 5.57. The Morgan fingerprint density at radius 1 is 1.38 bits per heavy atom. The number of aromatic nitrogens is 1. The molecule has 0 radical (unpaired) electrons. The molecular formula is C16H26FN3O. The Labute approximate surface area is 126 Å². The molecular weight excluding hydrogens is 269 g/mol. The highest BCUT2D eigenvalue weighted by Gasteiger charge is 2.18. The summed E-state index contributed by atoms with van der Waals surface area (Å²) in [5.41, 5.74) is 0.0413. The average molecular weight is 295 g/mol. The van der Waals surface area contributed by atoms with Crippen molar-refractivity contribution < 1.29 is 9.18 Å². The molecule has 118 valence electrons. The molecule has 1 aromatic rings. The topological polar surface area (TPSA) is 54.0 Å². The quantitative estimate of drug-likeness (QED) is 0.770. The summed E-state index contributed by atoms with van der Waals surface area (Å²) in [6.07, 6.45) is 4.27. The van der Waals surface area contributed by atoms with Crippen molar-refractivity contribution in [2.45, 2.75) is 53.0 Å². The van der Waals surface area contributed by atoms with Crippen molar-refractivity contribution >= 4 is 11.7 Å². The molecule has 0 spiro atoms. The van der Waals surface area contributed by atoms with Gasteiger partial charge in [0.1, 0.15) is 0 Å². The zero-order valence-corrected chi connectivity index (χ0v) is 13.4. The van der Waals surface area contributed by atoms with Crippen LogP contribution in [0.1, 0.15) is 57.3 Å². The van der Waals surface area contributed by atoms with E-state index in [1.807, 2.05) is 13.8 Å². The van der Waals surface area contributed by atoms with Gasteiger partial charge in [-0.1, -0.05) is 27.2 Å². The second kappa shape index (κ2) is 8.60. The molecule has 1 amide bonds. The highest BCUT2D eigenvalue weighted by atomic mass is 19.1. The van der Waals surface area contributed by atoms with Gasteiger partial charge in [0.15, 0.2) is 11.6 Å². The number of anilines is 1. The van der Waals surface area contributed by atoms with Crippen LogP contribution < -0.4 is 10.6 Å². The maximum absolute atomic E-state index is 14.2. The second-order valence-corrected chi connectivity index (χ2v) is 5.57. The van der Waals surface area contributed by atoms with Crippen molar-refractivity contribution in [3.8, 4) is 0 Å². The van der Waals surface area contributed by atoms with E-state index in [9.17, 15) is 9.18 Å². The Morgan fingerprint density at radius 3 is 2.71 bits per heavy atom. The summed E-state index contributed by atoms with van der Waals surface area (Å²) in [4.78, 5) is 16.1. The molecule has 5 heteroatoms. The number of amides is 1. The number of nitrogens with one attached hydrogen (secondary N) is 2. The van der Waals surface area contributed by atoms with E-state index < -0.39 is 5.82 Å². The largest absolute Gasteiger partial charge is 0.368 e. The summed E-state index contributed by atoms with van der Waals surface area (Å²) >= 11 is 0. The van der Waals surface area contributed by atoms with E-state index in [1.165, 1.54) is 12.3 Å². The summed E-state index contributed by atoms with van der Waals surface area (Å²) in [5, 5.41) is 5.74. The van der Waals surface area contributed by atoms with E-state index in [1.54, 1.807) is 0 Å². The molecule has 0 saturated carbocycles. The van der Waals surface area contributed by atoms with Gasteiger partial charge in [0.25, 0.3) is 5.91 Å². The molecule has 0 fully saturated rings. The molecule has 2 unspecified atom stereocenters. The third kappa shape index (κ3) is 5.33. The normalized spacial score (nSPS) is 13.6. The Kier molecular flexibility index (Phi) is 7.12. The number of halogens is 1. The van der Waals surface area contributed by atoms with Gasteiger partial charge < -0.3 is 10.6 Å². The van der Waals surface area contributed by atoms with E-state index >= 15 is 0 Å². The van der Waals surface area contributed by atoms with Crippen LogP contribution in [0.15, 0.2) is 12.3 Å². The lowest BCUT2D eigenvalue weighted by atomic mass is 10.0. The fourth-order valence-corrected chi connectivity index (χ4v) is 2.12. The first-order valence-corrected chi connectivity index (χ1v) is 7.68. The van der Waals surface area contributed by atoms with Crippen LogP contribution in [0, 0.1) is 11.7 Å². The van der Waals surface area contributed by atoms with E-state index in [2.05, 4.69) is 29.5 Å². The molecule has 0 aromatic carbocycles. The number of pyridine rings is 1. The first-order chi connectivity index (χ1) is 9.99. The number of hydrogen-bond donors (Lipinski definition) is 2. The summed E-state index contributed by atoms with van der Waals surface area (Å²) < 4.78 is 14.2. The van der Waals surface area contributed by atoms with Gasteiger partial charge in [0.05, 0.1) is 5.56 Å². The average Bonchev–Trinajstić information content (AvgIpc) is 2.45. The molecule has 4 nitrogen and oxygen atoms in total. The van der Waals surface area contributed by atoms with Gasteiger partial charge >= 0.3 is 0 Å². The fourth-order valence-electron chi connectivity index (χ4n) is 2.12. The smallest absolute Gasteiger partial charge is 0.254 e. The van der Waals surface area contributed by atoms with E-state index in [0.29, 0.717) is 12.5 Å². The first kappa shape index (κ1) is 17.4. The summed E-state index contributed by atoms with van der Waals surface area (Å²) in [7, 11) is 0. The van der Waals surface area contributed by atoms with Gasteiger partial charge in [-0.3, -0.25) is 4.79 Å². The van der Waals surface area contributed by atoms with Gasteiger partial charge in [-0.05, 0) is 31.7 Å². The lowest BCUT2D eigenvalue weighted by molar-refractivity contribution is 0.0931. The number of carbonyl (C=O) groups is 1. The van der Waals surface area contributed by atoms with Crippen LogP contribution in [-0.2, 0) is 0 Å². The monoisotopic (exact) mass is 295 g/mol. The van der Waals surface area contributed by atoms with Crippen LogP contribution >= 0.6 is 0 Å². The lowest BCUT2D eigenvalue weighted by Gasteiger charge is -2.18. The Bertz CT molecular complexity index is 465. The van der Waals surface area contributed by atoms with Crippen molar-refractivity contribution in [1.82, 2.24) is 10.3 Å². The predicted octanol–water partition coefficient (Wildman–Crippen LogP) is 3.60. The third-order valence-electron chi connectivity index (χ3n) is 3.51. The lowest BCUT2D eigenvalue weighted by Crippen LogP contribution is -2.34. The van der Waals surface area contributed by atoms with Crippen molar-refractivity contribution in [1.29, 1.82) is 0 Å². The van der Waals surface area contributed by atoms with Crippen molar-refractivity contribution in [2.75, 3.05) is 11.9 Å². The maximum Gasteiger partial charge on any atom is 0.254 e. The number of nitrogens with zero attached hydrogens (tertiary/aromatic N) is 1. The van der Waals surface area contributed by atoms with E-state index in [0.717, 1.165) is 19.3 Å². The molecule has 1 rings (SSSR count). The Morgan fingerprint density at radius 2 is 2.10 bits per heavy atom. The minimum atomic E-state index is -0.584. The number of hydrogen-bond acceptors (Lipinski definition) is 3. The van der Waals surface area contributed by atoms with Gasteiger partial charge in [-0.15, -0.1) is 0 Å². The number of carbonyl (C=O) groups excluding carboxylic acids is 1. The molecule has 1 heterocycles. The van der Waals surface area contributed by atoms with Crippen LogP contribution in [0.4, 0.5) is 10.2 Å². The minimum absolute atomic E-state index is 0.0204. The number of rotatable bonds is 8.